The van der Waals surface area contributed by atoms with E-state index in [4.69, 9.17) is 15.6 Å². The smallest absolute Gasteiger partial charge is 0.407 e. The Balaban J connectivity index is 2.05. The van der Waals surface area contributed by atoms with Crippen LogP contribution in [0.4, 0.5) is 4.79 Å². The van der Waals surface area contributed by atoms with Crippen molar-refractivity contribution < 1.29 is 19.4 Å². The van der Waals surface area contributed by atoms with Crippen molar-refractivity contribution in [3.05, 3.63) is 35.9 Å². The van der Waals surface area contributed by atoms with Crippen molar-refractivity contribution in [1.29, 1.82) is 0 Å². The largest absolute Gasteiger partial charge is 0.480 e. The molecule has 0 bridgehead atoms. The lowest BCUT2D eigenvalue weighted by Gasteiger charge is -2.08. The van der Waals surface area contributed by atoms with Gasteiger partial charge in [0.15, 0.2) is 0 Å². The molecule has 0 spiro atoms. The summed E-state index contributed by atoms with van der Waals surface area (Å²) in [6, 6.07) is 8.57. The van der Waals surface area contributed by atoms with Crippen LogP contribution in [0.25, 0.3) is 0 Å². The van der Waals surface area contributed by atoms with Crippen molar-refractivity contribution in [2.75, 3.05) is 6.54 Å². The van der Waals surface area contributed by atoms with Crippen LogP contribution in [-0.4, -0.2) is 29.8 Å². The van der Waals surface area contributed by atoms with E-state index < -0.39 is 18.1 Å². The molecule has 110 valence electrons. The summed E-state index contributed by atoms with van der Waals surface area (Å²) in [4.78, 5) is 21.8. The molecule has 1 atom stereocenters. The molecule has 0 fully saturated rings. The number of alkyl carbamates (subject to hydrolysis) is 1. The minimum atomic E-state index is -1.000. The number of ether oxygens (including phenoxy) is 1. The van der Waals surface area contributed by atoms with Gasteiger partial charge in [0.25, 0.3) is 0 Å². The number of rotatable bonds is 8. The molecule has 1 rings (SSSR count). The molecule has 1 amide bonds. The highest BCUT2D eigenvalue weighted by molar-refractivity contribution is 5.72. The van der Waals surface area contributed by atoms with Crippen molar-refractivity contribution in [1.82, 2.24) is 5.32 Å². The van der Waals surface area contributed by atoms with E-state index in [0.717, 1.165) is 5.56 Å². The molecule has 0 aliphatic rings. The summed E-state index contributed by atoms with van der Waals surface area (Å²) >= 11 is 0. The van der Waals surface area contributed by atoms with Crippen molar-refractivity contribution in [3.8, 4) is 0 Å². The first-order valence-electron chi connectivity index (χ1n) is 6.52. The summed E-state index contributed by atoms with van der Waals surface area (Å²) in [7, 11) is 0. The Morgan fingerprint density at radius 3 is 2.60 bits per heavy atom. The zero-order valence-corrected chi connectivity index (χ0v) is 11.2. The first-order chi connectivity index (χ1) is 9.59. The van der Waals surface area contributed by atoms with Crippen molar-refractivity contribution in [3.63, 3.8) is 0 Å². The van der Waals surface area contributed by atoms with Gasteiger partial charge in [-0.1, -0.05) is 30.3 Å². The highest BCUT2D eigenvalue weighted by atomic mass is 16.5. The maximum atomic E-state index is 11.4. The maximum absolute atomic E-state index is 11.4. The molecular formula is C14H20N2O4. The lowest BCUT2D eigenvalue weighted by molar-refractivity contribution is -0.138. The Bertz CT molecular complexity index is 422. The third-order valence-electron chi connectivity index (χ3n) is 2.74. The molecule has 1 aromatic rings. The van der Waals surface area contributed by atoms with Crippen LogP contribution in [0.5, 0.6) is 0 Å². The number of nitrogens with one attached hydrogen (secondary N) is 1. The van der Waals surface area contributed by atoms with Gasteiger partial charge in [-0.3, -0.25) is 4.79 Å². The quantitative estimate of drug-likeness (QED) is 0.626. The van der Waals surface area contributed by atoms with Crippen LogP contribution in [0, 0.1) is 0 Å². The van der Waals surface area contributed by atoms with Gasteiger partial charge >= 0.3 is 12.1 Å². The van der Waals surface area contributed by atoms with Crippen LogP contribution in [0.15, 0.2) is 30.3 Å². The molecule has 0 heterocycles. The molecule has 4 N–H and O–H groups in total. The van der Waals surface area contributed by atoms with Gasteiger partial charge in [0.1, 0.15) is 12.6 Å². The summed E-state index contributed by atoms with van der Waals surface area (Å²) in [5.74, 6) is -1.000. The monoisotopic (exact) mass is 280 g/mol. The molecule has 0 aliphatic carbocycles. The van der Waals surface area contributed by atoms with Crippen molar-refractivity contribution in [2.45, 2.75) is 31.9 Å². The summed E-state index contributed by atoms with van der Waals surface area (Å²) in [6.45, 7) is 0.677. The molecule has 0 saturated heterocycles. The highest BCUT2D eigenvalue weighted by Crippen LogP contribution is 2.01. The topological polar surface area (TPSA) is 102 Å². The standard InChI is InChI=1S/C14H20N2O4/c15-12(13(17)18)8-4-5-9-16-14(19)20-10-11-6-2-1-3-7-11/h1-3,6-7,12H,4-5,8-10,15H2,(H,16,19)(H,17,18). The summed E-state index contributed by atoms with van der Waals surface area (Å²) in [6.07, 6.45) is 1.24. The van der Waals surface area contributed by atoms with E-state index in [1.54, 1.807) is 0 Å². The molecular weight excluding hydrogens is 260 g/mol. The van der Waals surface area contributed by atoms with Crippen molar-refractivity contribution >= 4 is 12.1 Å². The lowest BCUT2D eigenvalue weighted by atomic mass is 10.1. The van der Waals surface area contributed by atoms with Crippen LogP contribution < -0.4 is 11.1 Å². The van der Waals surface area contributed by atoms with E-state index in [2.05, 4.69) is 5.32 Å². The van der Waals surface area contributed by atoms with Gasteiger partial charge in [0.05, 0.1) is 0 Å². The number of nitrogens with two attached hydrogens (primary N) is 1. The number of benzene rings is 1. The fourth-order valence-electron chi connectivity index (χ4n) is 1.58. The average molecular weight is 280 g/mol. The Hall–Kier alpha value is -2.08. The predicted octanol–water partition coefficient (Wildman–Crippen LogP) is 1.49. The number of carboxylic acid groups (broad SMARTS) is 1. The fraction of sp³-hybridized carbons (Fsp3) is 0.429. The summed E-state index contributed by atoms with van der Waals surface area (Å²) in [5, 5.41) is 11.2. The number of aliphatic carboxylic acids is 1. The number of unbranched alkanes of at least 4 members (excludes halogenated alkanes) is 1. The van der Waals surface area contributed by atoms with Gasteiger partial charge in [-0.15, -0.1) is 0 Å². The zero-order chi connectivity index (χ0) is 14.8. The summed E-state index contributed by atoms with van der Waals surface area (Å²) < 4.78 is 5.03. The number of carboxylic acids is 1. The second kappa shape index (κ2) is 8.92. The SMILES string of the molecule is NC(CCCCNC(=O)OCc1ccccc1)C(=O)O. The Labute approximate surface area is 117 Å². The van der Waals surface area contributed by atoms with Crippen LogP contribution >= 0.6 is 0 Å². The zero-order valence-electron chi connectivity index (χ0n) is 11.2. The summed E-state index contributed by atoms with van der Waals surface area (Å²) in [5.41, 5.74) is 6.29. The molecule has 6 nitrogen and oxygen atoms in total. The number of carbonyl (C=O) groups excluding carboxylic acids is 1. The molecule has 0 aliphatic heterocycles. The number of hydrogen-bond acceptors (Lipinski definition) is 4. The lowest BCUT2D eigenvalue weighted by Crippen LogP contribution is -2.30. The number of amides is 1. The van der Waals surface area contributed by atoms with Crippen molar-refractivity contribution in [2.24, 2.45) is 5.73 Å². The van der Waals surface area contributed by atoms with Crippen LogP contribution in [0.2, 0.25) is 0 Å². The second-order valence-electron chi connectivity index (χ2n) is 4.43. The minimum Gasteiger partial charge on any atom is -0.480 e. The first kappa shape index (κ1) is 16.0. The minimum absolute atomic E-state index is 0.233. The molecule has 6 heteroatoms. The predicted molar refractivity (Wildman–Crippen MR) is 74.1 cm³/mol. The van der Waals surface area contributed by atoms with Crippen LogP contribution in [0.3, 0.4) is 0 Å². The van der Waals surface area contributed by atoms with Gasteiger partial charge in [0.2, 0.25) is 0 Å². The Morgan fingerprint density at radius 2 is 1.95 bits per heavy atom. The van der Waals surface area contributed by atoms with Gasteiger partial charge < -0.3 is 20.9 Å². The normalized spacial score (nSPS) is 11.7. The van der Waals surface area contributed by atoms with Gasteiger partial charge in [-0.2, -0.15) is 0 Å². The highest BCUT2D eigenvalue weighted by Gasteiger charge is 2.10. The van der Waals surface area contributed by atoms with Gasteiger partial charge in [-0.25, -0.2) is 4.79 Å². The molecule has 20 heavy (non-hydrogen) atoms. The molecule has 0 aromatic heterocycles. The number of hydrogen-bond donors (Lipinski definition) is 3. The third-order valence-corrected chi connectivity index (χ3v) is 2.74. The van der Waals surface area contributed by atoms with E-state index in [-0.39, 0.29) is 6.61 Å². The number of carbonyl (C=O) groups is 2. The van der Waals surface area contributed by atoms with Gasteiger partial charge in [-0.05, 0) is 24.8 Å². The maximum Gasteiger partial charge on any atom is 0.407 e. The third kappa shape index (κ3) is 6.75. The molecule has 1 aromatic carbocycles. The van der Waals surface area contributed by atoms with Crippen LogP contribution in [-0.2, 0) is 16.1 Å². The second-order valence-corrected chi connectivity index (χ2v) is 4.43. The fourth-order valence-corrected chi connectivity index (χ4v) is 1.58. The van der Waals surface area contributed by atoms with Crippen LogP contribution in [0.1, 0.15) is 24.8 Å². The average Bonchev–Trinajstić information content (AvgIpc) is 2.45. The first-order valence-corrected chi connectivity index (χ1v) is 6.52. The van der Waals surface area contributed by atoms with E-state index in [1.807, 2.05) is 30.3 Å². The molecule has 0 radical (unpaired) electrons. The van der Waals surface area contributed by atoms with E-state index in [9.17, 15) is 9.59 Å². The van der Waals surface area contributed by atoms with Gasteiger partial charge in [0, 0.05) is 6.54 Å². The Morgan fingerprint density at radius 1 is 1.25 bits per heavy atom. The van der Waals surface area contributed by atoms with E-state index in [0.29, 0.717) is 25.8 Å². The Kier molecular flexibility index (Phi) is 7.13. The van der Waals surface area contributed by atoms with E-state index >= 15 is 0 Å². The molecule has 1 unspecified atom stereocenters. The molecule has 0 saturated carbocycles. The van der Waals surface area contributed by atoms with E-state index in [1.165, 1.54) is 0 Å².